The molecule has 0 aliphatic carbocycles. The van der Waals surface area contributed by atoms with E-state index in [4.69, 9.17) is 4.74 Å². The second-order valence-electron chi connectivity index (χ2n) is 6.78. The zero-order chi connectivity index (χ0) is 17.8. The number of ether oxygens (including phenoxy) is 1. The molecular formula is C20H27N3O2. The number of nitrogens with zero attached hydrogens (tertiary/aromatic N) is 3. The molecule has 134 valence electrons. The number of carbonyl (C=O) groups excluding carboxylic acids is 1. The van der Waals surface area contributed by atoms with Crippen LogP contribution in [0, 0.1) is 0 Å². The fourth-order valence-corrected chi connectivity index (χ4v) is 3.63. The zero-order valence-electron chi connectivity index (χ0n) is 15.3. The van der Waals surface area contributed by atoms with E-state index >= 15 is 0 Å². The first-order valence-electron chi connectivity index (χ1n) is 8.87. The highest BCUT2D eigenvalue weighted by Gasteiger charge is 2.31. The van der Waals surface area contributed by atoms with Crippen molar-refractivity contribution < 1.29 is 9.53 Å². The second kappa shape index (κ2) is 7.85. The van der Waals surface area contributed by atoms with Gasteiger partial charge < -0.3 is 14.2 Å². The van der Waals surface area contributed by atoms with E-state index in [-0.39, 0.29) is 5.91 Å². The van der Waals surface area contributed by atoms with Gasteiger partial charge in [-0.2, -0.15) is 0 Å². The lowest BCUT2D eigenvalue weighted by atomic mass is 10.1. The molecule has 25 heavy (non-hydrogen) atoms. The summed E-state index contributed by atoms with van der Waals surface area (Å²) in [7, 11) is 1.73. The highest BCUT2D eigenvalue weighted by Crippen LogP contribution is 2.19. The molecule has 0 bridgehead atoms. The van der Waals surface area contributed by atoms with E-state index in [9.17, 15) is 4.79 Å². The Hall–Kier alpha value is -2.11. The van der Waals surface area contributed by atoms with Gasteiger partial charge in [0.05, 0.1) is 6.61 Å². The van der Waals surface area contributed by atoms with Crippen LogP contribution in [0.2, 0.25) is 0 Å². The summed E-state index contributed by atoms with van der Waals surface area (Å²) in [6, 6.07) is 12.5. The van der Waals surface area contributed by atoms with Gasteiger partial charge in [0.1, 0.15) is 0 Å². The van der Waals surface area contributed by atoms with Gasteiger partial charge in [0.15, 0.2) is 0 Å². The Labute approximate surface area is 149 Å². The number of hydrogen-bond donors (Lipinski definition) is 0. The van der Waals surface area contributed by atoms with E-state index < -0.39 is 0 Å². The first kappa shape index (κ1) is 17.7. The molecule has 1 fully saturated rings. The molecule has 1 saturated heterocycles. The van der Waals surface area contributed by atoms with Crippen LogP contribution in [0.25, 0.3) is 5.69 Å². The van der Waals surface area contributed by atoms with E-state index in [0.717, 1.165) is 37.5 Å². The van der Waals surface area contributed by atoms with Gasteiger partial charge >= 0.3 is 0 Å². The molecule has 3 rings (SSSR count). The van der Waals surface area contributed by atoms with Gasteiger partial charge in [-0.1, -0.05) is 0 Å². The van der Waals surface area contributed by atoms with Crippen LogP contribution in [0.3, 0.4) is 0 Å². The van der Waals surface area contributed by atoms with Crippen LogP contribution >= 0.6 is 0 Å². The van der Waals surface area contributed by atoms with Gasteiger partial charge in [-0.25, -0.2) is 0 Å². The second-order valence-corrected chi connectivity index (χ2v) is 6.78. The monoisotopic (exact) mass is 341 g/mol. The number of rotatable bonds is 5. The third kappa shape index (κ3) is 3.94. The average Bonchev–Trinajstić information content (AvgIpc) is 3.15. The highest BCUT2D eigenvalue weighted by atomic mass is 16.5. The van der Waals surface area contributed by atoms with Gasteiger partial charge in [0.25, 0.3) is 5.91 Å². The number of carbonyl (C=O) groups is 1. The molecule has 1 aliphatic rings. The number of amides is 1. The molecule has 1 aliphatic heterocycles. The summed E-state index contributed by atoms with van der Waals surface area (Å²) in [5.74, 6) is 0.115. The van der Waals surface area contributed by atoms with E-state index in [2.05, 4.69) is 18.7 Å². The summed E-state index contributed by atoms with van der Waals surface area (Å²) in [5.41, 5.74) is 1.81. The van der Waals surface area contributed by atoms with Gasteiger partial charge in [-0.05, 0) is 50.2 Å². The number of benzene rings is 1. The summed E-state index contributed by atoms with van der Waals surface area (Å²) in [5, 5.41) is 0. The van der Waals surface area contributed by atoms with E-state index in [0.29, 0.717) is 12.1 Å². The van der Waals surface area contributed by atoms with Crippen molar-refractivity contribution in [1.82, 2.24) is 14.4 Å². The molecule has 1 amide bonds. The Morgan fingerprint density at radius 2 is 1.68 bits per heavy atom. The summed E-state index contributed by atoms with van der Waals surface area (Å²) < 4.78 is 7.24. The van der Waals surface area contributed by atoms with Crippen molar-refractivity contribution in [2.75, 3.05) is 33.4 Å². The number of hydrogen-bond acceptors (Lipinski definition) is 3. The van der Waals surface area contributed by atoms with Crippen LogP contribution in [0.1, 0.15) is 24.2 Å². The topological polar surface area (TPSA) is 37.7 Å². The van der Waals surface area contributed by atoms with Crippen molar-refractivity contribution in [3.63, 3.8) is 0 Å². The smallest absolute Gasteiger partial charge is 0.253 e. The molecule has 0 N–H and O–H groups in total. The largest absolute Gasteiger partial charge is 0.383 e. The van der Waals surface area contributed by atoms with Gasteiger partial charge in [-0.3, -0.25) is 9.69 Å². The summed E-state index contributed by atoms with van der Waals surface area (Å²) in [4.78, 5) is 17.3. The Kier molecular flexibility index (Phi) is 5.56. The van der Waals surface area contributed by atoms with Crippen LogP contribution in [-0.4, -0.2) is 65.7 Å². The number of methoxy groups -OCH3 is 1. The molecular weight excluding hydrogens is 314 g/mol. The Morgan fingerprint density at radius 1 is 1.08 bits per heavy atom. The van der Waals surface area contributed by atoms with Gasteiger partial charge in [0.2, 0.25) is 0 Å². The van der Waals surface area contributed by atoms with Crippen LogP contribution in [0.15, 0.2) is 48.8 Å². The summed E-state index contributed by atoms with van der Waals surface area (Å²) >= 11 is 0. The van der Waals surface area contributed by atoms with Crippen LogP contribution in [0.4, 0.5) is 0 Å². The van der Waals surface area contributed by atoms with Crippen molar-refractivity contribution in [1.29, 1.82) is 0 Å². The van der Waals surface area contributed by atoms with E-state index in [1.54, 1.807) is 7.11 Å². The zero-order valence-corrected chi connectivity index (χ0v) is 15.3. The van der Waals surface area contributed by atoms with Crippen molar-refractivity contribution in [3.05, 3.63) is 54.4 Å². The maximum Gasteiger partial charge on any atom is 0.253 e. The van der Waals surface area contributed by atoms with Gasteiger partial charge in [-0.15, -0.1) is 0 Å². The number of piperazine rings is 1. The Morgan fingerprint density at radius 3 is 2.24 bits per heavy atom. The van der Waals surface area contributed by atoms with Crippen molar-refractivity contribution in [2.24, 2.45) is 0 Å². The third-order valence-corrected chi connectivity index (χ3v) is 4.96. The molecule has 2 atom stereocenters. The Bertz CT molecular complexity index is 669. The standard InChI is InChI=1S/C20H27N3O2/c1-16-14-22(15-17(2)23(16)12-13-25-3)20(24)18-6-8-19(9-7-18)21-10-4-5-11-21/h4-11,16-17H,12-15H2,1-3H3. The normalized spacial score (nSPS) is 21.5. The molecule has 1 aromatic carbocycles. The molecule has 2 unspecified atom stereocenters. The predicted octanol–water partition coefficient (Wildman–Crippen LogP) is 2.66. The van der Waals surface area contributed by atoms with E-state index in [1.807, 2.05) is 58.3 Å². The maximum atomic E-state index is 12.9. The molecule has 0 spiro atoms. The molecule has 1 aromatic heterocycles. The van der Waals surface area contributed by atoms with Crippen LogP contribution < -0.4 is 0 Å². The van der Waals surface area contributed by atoms with Crippen molar-refractivity contribution in [2.45, 2.75) is 25.9 Å². The fourth-order valence-electron chi connectivity index (χ4n) is 3.63. The quantitative estimate of drug-likeness (QED) is 0.839. The van der Waals surface area contributed by atoms with Crippen LogP contribution in [0.5, 0.6) is 0 Å². The summed E-state index contributed by atoms with van der Waals surface area (Å²) in [6.45, 7) is 7.51. The van der Waals surface area contributed by atoms with Gasteiger partial charge in [0, 0.05) is 62.5 Å². The molecule has 0 radical (unpaired) electrons. The maximum absolute atomic E-state index is 12.9. The number of aromatic nitrogens is 1. The minimum Gasteiger partial charge on any atom is -0.383 e. The highest BCUT2D eigenvalue weighted by molar-refractivity contribution is 5.94. The van der Waals surface area contributed by atoms with Crippen molar-refractivity contribution in [3.8, 4) is 5.69 Å². The lowest BCUT2D eigenvalue weighted by Crippen LogP contribution is -2.58. The first-order valence-corrected chi connectivity index (χ1v) is 8.87. The SMILES string of the molecule is COCCN1C(C)CN(C(=O)c2ccc(-n3cccc3)cc2)CC1C. The van der Waals surface area contributed by atoms with Crippen molar-refractivity contribution >= 4 is 5.91 Å². The Balaban J connectivity index is 1.67. The molecule has 2 heterocycles. The molecule has 2 aromatic rings. The third-order valence-electron chi connectivity index (χ3n) is 4.96. The molecule has 0 saturated carbocycles. The predicted molar refractivity (Wildman–Crippen MR) is 99.2 cm³/mol. The minimum atomic E-state index is 0.115. The minimum absolute atomic E-state index is 0.115. The van der Waals surface area contributed by atoms with Crippen LogP contribution in [-0.2, 0) is 4.74 Å². The van der Waals surface area contributed by atoms with E-state index in [1.165, 1.54) is 0 Å². The molecule has 5 heteroatoms. The average molecular weight is 341 g/mol. The first-order chi connectivity index (χ1) is 12.1. The lowest BCUT2D eigenvalue weighted by Gasteiger charge is -2.44. The lowest BCUT2D eigenvalue weighted by molar-refractivity contribution is 0.0193. The summed E-state index contributed by atoms with van der Waals surface area (Å²) in [6.07, 6.45) is 4.00. The fraction of sp³-hybridized carbons (Fsp3) is 0.450. The molecule has 5 nitrogen and oxygen atoms in total.